The molecular formula is C15H11ClFNO3. The molecule has 0 aliphatic heterocycles. The van der Waals surface area contributed by atoms with Crippen LogP contribution in [0.25, 0.3) is 0 Å². The molecule has 108 valence electrons. The van der Waals surface area contributed by atoms with Crippen LogP contribution in [-0.2, 0) is 4.79 Å². The van der Waals surface area contributed by atoms with Gasteiger partial charge in [-0.25, -0.2) is 4.39 Å². The lowest BCUT2D eigenvalue weighted by molar-refractivity contribution is -0.135. The predicted octanol–water partition coefficient (Wildman–Crippen LogP) is 3.21. The molecule has 0 aromatic heterocycles. The fraction of sp³-hybridized carbons (Fsp3) is 0.0667. The van der Waals surface area contributed by atoms with Gasteiger partial charge in [0.15, 0.2) is 0 Å². The summed E-state index contributed by atoms with van der Waals surface area (Å²) in [6.07, 6.45) is 0. The van der Waals surface area contributed by atoms with Crippen LogP contribution in [0.5, 0.6) is 0 Å². The Bertz CT molecular complexity index is 676. The normalized spacial score (nSPS) is 10.2. The van der Waals surface area contributed by atoms with E-state index in [0.717, 1.165) is 11.0 Å². The van der Waals surface area contributed by atoms with E-state index < -0.39 is 24.2 Å². The Balaban J connectivity index is 2.43. The SMILES string of the molecule is O=C(O)CN(C(=O)c1cc(Cl)ccc1F)c1ccccc1. The van der Waals surface area contributed by atoms with E-state index in [9.17, 15) is 14.0 Å². The zero-order valence-electron chi connectivity index (χ0n) is 10.8. The smallest absolute Gasteiger partial charge is 0.323 e. The second-order valence-corrected chi connectivity index (χ2v) is 4.68. The van der Waals surface area contributed by atoms with E-state index in [1.54, 1.807) is 30.3 Å². The molecule has 0 aliphatic rings. The number of anilines is 1. The lowest BCUT2D eigenvalue weighted by Crippen LogP contribution is -2.36. The highest BCUT2D eigenvalue weighted by molar-refractivity contribution is 6.31. The topological polar surface area (TPSA) is 57.6 Å². The summed E-state index contributed by atoms with van der Waals surface area (Å²) in [5.41, 5.74) is 0.0943. The Morgan fingerprint density at radius 3 is 2.43 bits per heavy atom. The molecule has 2 aromatic rings. The molecule has 21 heavy (non-hydrogen) atoms. The van der Waals surface area contributed by atoms with Gasteiger partial charge in [-0.1, -0.05) is 29.8 Å². The minimum Gasteiger partial charge on any atom is -0.480 e. The molecule has 0 atom stereocenters. The Hall–Kier alpha value is -2.40. The Labute approximate surface area is 125 Å². The number of benzene rings is 2. The van der Waals surface area contributed by atoms with Crippen molar-refractivity contribution in [2.75, 3.05) is 11.4 Å². The molecule has 0 fully saturated rings. The molecule has 6 heteroatoms. The fourth-order valence-corrected chi connectivity index (χ4v) is 2.00. The van der Waals surface area contributed by atoms with Crippen LogP contribution in [0.4, 0.5) is 10.1 Å². The highest BCUT2D eigenvalue weighted by Gasteiger charge is 2.23. The quantitative estimate of drug-likeness (QED) is 0.943. The van der Waals surface area contributed by atoms with Gasteiger partial charge in [-0.3, -0.25) is 14.5 Å². The predicted molar refractivity (Wildman–Crippen MR) is 77.2 cm³/mol. The maximum atomic E-state index is 13.8. The maximum absolute atomic E-state index is 13.8. The van der Waals surface area contributed by atoms with E-state index in [2.05, 4.69) is 0 Å². The van der Waals surface area contributed by atoms with E-state index in [0.29, 0.717) is 5.69 Å². The molecule has 0 heterocycles. The van der Waals surface area contributed by atoms with Crippen molar-refractivity contribution in [3.8, 4) is 0 Å². The van der Waals surface area contributed by atoms with Crippen LogP contribution in [0.15, 0.2) is 48.5 Å². The van der Waals surface area contributed by atoms with Crippen LogP contribution in [0.1, 0.15) is 10.4 Å². The summed E-state index contributed by atoms with van der Waals surface area (Å²) in [6, 6.07) is 11.8. The van der Waals surface area contributed by atoms with E-state index >= 15 is 0 Å². The van der Waals surface area contributed by atoms with Crippen LogP contribution < -0.4 is 4.90 Å². The largest absolute Gasteiger partial charge is 0.480 e. The molecule has 0 saturated heterocycles. The number of halogens is 2. The number of carbonyl (C=O) groups is 2. The number of rotatable bonds is 4. The number of hydrogen-bond donors (Lipinski definition) is 1. The van der Waals surface area contributed by atoms with E-state index in [4.69, 9.17) is 16.7 Å². The molecule has 0 unspecified atom stereocenters. The summed E-state index contributed by atoms with van der Waals surface area (Å²) in [6.45, 7) is -0.575. The number of carboxylic acids is 1. The van der Waals surface area contributed by atoms with Crippen LogP contribution in [0, 0.1) is 5.82 Å². The van der Waals surface area contributed by atoms with E-state index in [1.807, 2.05) is 0 Å². The first kappa shape index (κ1) is 15.0. The van der Waals surface area contributed by atoms with Gasteiger partial charge in [0.1, 0.15) is 12.4 Å². The molecule has 2 aromatic carbocycles. The second-order valence-electron chi connectivity index (χ2n) is 4.24. The summed E-state index contributed by atoms with van der Waals surface area (Å²) in [7, 11) is 0. The van der Waals surface area contributed by atoms with Crippen LogP contribution in [-0.4, -0.2) is 23.5 Å². The Kier molecular flexibility index (Phi) is 4.55. The molecule has 2 rings (SSSR count). The molecule has 1 N–H and O–H groups in total. The van der Waals surface area contributed by atoms with E-state index in [-0.39, 0.29) is 10.6 Å². The van der Waals surface area contributed by atoms with E-state index in [1.165, 1.54) is 12.1 Å². The summed E-state index contributed by atoms with van der Waals surface area (Å²) in [5, 5.41) is 9.15. The van der Waals surface area contributed by atoms with Crippen molar-refractivity contribution in [1.82, 2.24) is 0 Å². The zero-order chi connectivity index (χ0) is 15.4. The van der Waals surface area contributed by atoms with Crippen molar-refractivity contribution in [2.24, 2.45) is 0 Å². The molecule has 0 saturated carbocycles. The summed E-state index contributed by atoms with van der Waals surface area (Å²) in [5.74, 6) is -2.71. The molecule has 0 spiro atoms. The molecule has 1 amide bonds. The van der Waals surface area contributed by atoms with Crippen LogP contribution in [0.3, 0.4) is 0 Å². The minimum absolute atomic E-state index is 0.197. The monoisotopic (exact) mass is 307 g/mol. The van der Waals surface area contributed by atoms with Crippen LogP contribution >= 0.6 is 11.6 Å². The number of amides is 1. The van der Waals surface area contributed by atoms with Gasteiger partial charge in [0.25, 0.3) is 5.91 Å². The third-order valence-corrected chi connectivity index (χ3v) is 3.00. The Morgan fingerprint density at radius 1 is 1.14 bits per heavy atom. The van der Waals surface area contributed by atoms with Crippen molar-refractivity contribution in [3.63, 3.8) is 0 Å². The molecule has 0 radical (unpaired) electrons. The Morgan fingerprint density at radius 2 is 1.81 bits per heavy atom. The summed E-state index contributed by atoms with van der Waals surface area (Å²) in [4.78, 5) is 24.4. The lowest BCUT2D eigenvalue weighted by Gasteiger charge is -2.21. The van der Waals surface area contributed by atoms with Crippen LogP contribution in [0.2, 0.25) is 5.02 Å². The number of carboxylic acid groups (broad SMARTS) is 1. The van der Waals surface area contributed by atoms with Gasteiger partial charge in [0.05, 0.1) is 5.56 Å². The van der Waals surface area contributed by atoms with Gasteiger partial charge in [-0.15, -0.1) is 0 Å². The van der Waals surface area contributed by atoms with Crippen molar-refractivity contribution >= 4 is 29.2 Å². The van der Waals surface area contributed by atoms with Gasteiger partial charge in [-0.2, -0.15) is 0 Å². The number of nitrogens with zero attached hydrogens (tertiary/aromatic N) is 1. The van der Waals surface area contributed by atoms with Gasteiger partial charge >= 0.3 is 5.97 Å². The summed E-state index contributed by atoms with van der Waals surface area (Å²) >= 11 is 5.76. The number of hydrogen-bond acceptors (Lipinski definition) is 2. The third-order valence-electron chi connectivity index (χ3n) is 2.77. The van der Waals surface area contributed by atoms with Gasteiger partial charge in [0, 0.05) is 10.7 Å². The molecule has 0 aliphatic carbocycles. The second kappa shape index (κ2) is 6.37. The van der Waals surface area contributed by atoms with Crippen molar-refractivity contribution < 1.29 is 19.1 Å². The standard InChI is InChI=1S/C15H11ClFNO3/c16-10-6-7-13(17)12(8-10)15(21)18(9-14(19)20)11-4-2-1-3-5-11/h1-8H,9H2,(H,19,20). The fourth-order valence-electron chi connectivity index (χ4n) is 1.83. The number of carbonyl (C=O) groups excluding carboxylic acids is 1. The highest BCUT2D eigenvalue weighted by atomic mass is 35.5. The van der Waals surface area contributed by atoms with Gasteiger partial charge in [0.2, 0.25) is 0 Å². The first-order valence-electron chi connectivity index (χ1n) is 6.03. The molecule has 0 bridgehead atoms. The first-order chi connectivity index (χ1) is 9.99. The lowest BCUT2D eigenvalue weighted by atomic mass is 10.1. The average Bonchev–Trinajstić information content (AvgIpc) is 2.47. The number of aliphatic carboxylic acids is 1. The molecular weight excluding hydrogens is 297 g/mol. The number of para-hydroxylation sites is 1. The average molecular weight is 308 g/mol. The minimum atomic E-state index is -1.20. The van der Waals surface area contributed by atoms with Gasteiger partial charge < -0.3 is 5.11 Å². The van der Waals surface area contributed by atoms with Crippen molar-refractivity contribution in [3.05, 3.63) is 64.9 Å². The highest BCUT2D eigenvalue weighted by Crippen LogP contribution is 2.21. The maximum Gasteiger partial charge on any atom is 0.323 e. The van der Waals surface area contributed by atoms with Gasteiger partial charge in [-0.05, 0) is 30.3 Å². The molecule has 4 nitrogen and oxygen atoms in total. The zero-order valence-corrected chi connectivity index (χ0v) is 11.5. The van der Waals surface area contributed by atoms with Crippen molar-refractivity contribution in [1.29, 1.82) is 0 Å². The first-order valence-corrected chi connectivity index (χ1v) is 6.40. The third kappa shape index (κ3) is 3.58. The summed E-state index contributed by atoms with van der Waals surface area (Å²) < 4.78 is 13.8. The van der Waals surface area contributed by atoms with Crippen molar-refractivity contribution in [2.45, 2.75) is 0 Å².